The molecule has 1 atom stereocenters. The molecule has 4 rings (SSSR count). The Morgan fingerprint density at radius 2 is 1.74 bits per heavy atom. The zero-order valence-corrected chi connectivity index (χ0v) is 18.6. The van der Waals surface area contributed by atoms with Crippen molar-refractivity contribution in [2.24, 2.45) is 0 Å². The topological polar surface area (TPSA) is 108 Å². The van der Waals surface area contributed by atoms with Crippen molar-refractivity contribution >= 4 is 23.3 Å². The van der Waals surface area contributed by atoms with Crippen molar-refractivity contribution in [2.75, 3.05) is 19.1 Å². The van der Waals surface area contributed by atoms with Crippen molar-refractivity contribution < 1.29 is 28.7 Å². The maximum atomic E-state index is 13.6. The zero-order valence-electron chi connectivity index (χ0n) is 18.6. The number of hydrogen-bond donors (Lipinski definition) is 0. The Balaban J connectivity index is 1.74. The standard InChI is InChI=1S/C25H22N2O7/c1-32-22-13-18(20(27(30)31)14-23(22)34-15-16-8-4-3-5-9-16)24(28)26-19-11-7-6-10-17(19)12-21(26)25(29)33-2/h3-11,13-14,21H,12,15H2,1-2H3/t21-/m1/s1. The minimum atomic E-state index is -0.936. The summed E-state index contributed by atoms with van der Waals surface area (Å²) in [6, 6.07) is 17.8. The molecule has 0 spiro atoms. The highest BCUT2D eigenvalue weighted by molar-refractivity contribution is 6.13. The lowest BCUT2D eigenvalue weighted by Gasteiger charge is -2.24. The Hall–Kier alpha value is -4.40. The van der Waals surface area contributed by atoms with Gasteiger partial charge in [0.15, 0.2) is 11.5 Å². The first-order valence-electron chi connectivity index (χ1n) is 10.5. The van der Waals surface area contributed by atoms with Crippen LogP contribution in [0.4, 0.5) is 11.4 Å². The summed E-state index contributed by atoms with van der Waals surface area (Å²) in [4.78, 5) is 38.6. The fourth-order valence-electron chi connectivity index (χ4n) is 3.97. The van der Waals surface area contributed by atoms with Crippen LogP contribution in [0.5, 0.6) is 11.5 Å². The maximum Gasteiger partial charge on any atom is 0.329 e. The van der Waals surface area contributed by atoms with Crippen LogP contribution in [0.2, 0.25) is 0 Å². The summed E-state index contributed by atoms with van der Waals surface area (Å²) < 4.78 is 16.0. The van der Waals surface area contributed by atoms with E-state index in [2.05, 4.69) is 0 Å². The van der Waals surface area contributed by atoms with Crippen LogP contribution < -0.4 is 14.4 Å². The first-order chi connectivity index (χ1) is 16.4. The number of methoxy groups -OCH3 is 2. The van der Waals surface area contributed by atoms with Gasteiger partial charge in [-0.2, -0.15) is 0 Å². The van der Waals surface area contributed by atoms with Gasteiger partial charge in [-0.05, 0) is 17.2 Å². The summed E-state index contributed by atoms with van der Waals surface area (Å²) in [5, 5.41) is 11.9. The van der Waals surface area contributed by atoms with Gasteiger partial charge in [-0.1, -0.05) is 48.5 Å². The van der Waals surface area contributed by atoms with E-state index in [0.717, 1.165) is 11.1 Å². The summed E-state index contributed by atoms with van der Waals surface area (Å²) in [6.07, 6.45) is 0.248. The van der Waals surface area contributed by atoms with E-state index < -0.39 is 28.5 Å². The molecule has 9 nitrogen and oxygen atoms in total. The highest BCUT2D eigenvalue weighted by atomic mass is 16.6. The number of nitrogens with zero attached hydrogens (tertiary/aromatic N) is 2. The lowest BCUT2D eigenvalue weighted by atomic mass is 10.1. The fourth-order valence-corrected chi connectivity index (χ4v) is 3.97. The first-order valence-corrected chi connectivity index (χ1v) is 10.5. The monoisotopic (exact) mass is 462 g/mol. The second kappa shape index (κ2) is 9.62. The normalized spacial score (nSPS) is 14.3. The second-order valence-corrected chi connectivity index (χ2v) is 7.60. The van der Waals surface area contributed by atoms with Gasteiger partial charge >= 0.3 is 5.97 Å². The van der Waals surface area contributed by atoms with Crippen LogP contribution in [0.15, 0.2) is 66.7 Å². The molecule has 0 fully saturated rings. The predicted molar refractivity (Wildman–Crippen MR) is 123 cm³/mol. The van der Waals surface area contributed by atoms with Crippen LogP contribution in [0.1, 0.15) is 21.5 Å². The van der Waals surface area contributed by atoms with E-state index in [1.54, 1.807) is 24.3 Å². The van der Waals surface area contributed by atoms with E-state index in [0.29, 0.717) is 5.69 Å². The average Bonchev–Trinajstić information content (AvgIpc) is 3.26. The number of benzene rings is 3. The van der Waals surface area contributed by atoms with Crippen LogP contribution in [0.3, 0.4) is 0 Å². The Morgan fingerprint density at radius 3 is 2.41 bits per heavy atom. The van der Waals surface area contributed by atoms with Gasteiger partial charge < -0.3 is 14.2 Å². The van der Waals surface area contributed by atoms with Crippen LogP contribution in [0, 0.1) is 10.1 Å². The first kappa shape index (κ1) is 22.8. The molecule has 3 aromatic rings. The Kier molecular flexibility index (Phi) is 6.44. The molecule has 1 heterocycles. The Bertz CT molecular complexity index is 1240. The quantitative estimate of drug-likeness (QED) is 0.297. The van der Waals surface area contributed by atoms with Crippen molar-refractivity contribution in [1.82, 2.24) is 0 Å². The van der Waals surface area contributed by atoms with Crippen LogP contribution in [-0.4, -0.2) is 37.1 Å². The van der Waals surface area contributed by atoms with Crippen LogP contribution >= 0.6 is 0 Å². The summed E-state index contributed by atoms with van der Waals surface area (Å²) in [5.74, 6) is -1.03. The Labute approximate surface area is 195 Å². The molecule has 34 heavy (non-hydrogen) atoms. The molecule has 9 heteroatoms. The third kappa shape index (κ3) is 4.27. The number of anilines is 1. The van der Waals surface area contributed by atoms with Gasteiger partial charge in [0.2, 0.25) is 0 Å². The molecule has 0 bridgehead atoms. The molecule has 3 aromatic carbocycles. The molecule has 0 aromatic heterocycles. The van der Waals surface area contributed by atoms with Gasteiger partial charge in [-0.3, -0.25) is 19.8 Å². The minimum Gasteiger partial charge on any atom is -0.493 e. The third-order valence-corrected chi connectivity index (χ3v) is 5.61. The molecule has 0 radical (unpaired) electrons. The van der Waals surface area contributed by atoms with Gasteiger partial charge in [-0.15, -0.1) is 0 Å². The highest BCUT2D eigenvalue weighted by Gasteiger charge is 2.41. The molecular formula is C25H22N2O7. The number of nitro benzene ring substituents is 1. The van der Waals surface area contributed by atoms with Gasteiger partial charge in [0.05, 0.1) is 25.2 Å². The average molecular weight is 462 g/mol. The number of amides is 1. The van der Waals surface area contributed by atoms with E-state index in [9.17, 15) is 19.7 Å². The zero-order chi connectivity index (χ0) is 24.2. The van der Waals surface area contributed by atoms with Gasteiger partial charge in [0, 0.05) is 18.2 Å². The summed E-state index contributed by atoms with van der Waals surface area (Å²) in [5.41, 5.74) is 1.45. The SMILES string of the molecule is COC(=O)[C@H]1Cc2ccccc2N1C(=O)c1cc(OC)c(OCc2ccccc2)cc1[N+](=O)[O-]. The molecule has 0 N–H and O–H groups in total. The van der Waals surface area contributed by atoms with E-state index >= 15 is 0 Å². The lowest BCUT2D eigenvalue weighted by Crippen LogP contribution is -2.43. The number of hydrogen-bond acceptors (Lipinski definition) is 7. The van der Waals surface area contributed by atoms with Crippen molar-refractivity contribution in [3.05, 3.63) is 93.5 Å². The summed E-state index contributed by atoms with van der Waals surface area (Å²) in [7, 11) is 2.62. The molecular weight excluding hydrogens is 440 g/mol. The lowest BCUT2D eigenvalue weighted by molar-refractivity contribution is -0.385. The van der Waals surface area contributed by atoms with Crippen LogP contribution in [0.25, 0.3) is 0 Å². The van der Waals surface area contributed by atoms with Crippen molar-refractivity contribution in [3.63, 3.8) is 0 Å². The van der Waals surface area contributed by atoms with E-state index in [1.807, 2.05) is 30.3 Å². The number of fused-ring (bicyclic) bond motifs is 1. The smallest absolute Gasteiger partial charge is 0.329 e. The minimum absolute atomic E-state index is 0.126. The Morgan fingerprint density at radius 1 is 1.03 bits per heavy atom. The van der Waals surface area contributed by atoms with E-state index in [-0.39, 0.29) is 30.1 Å². The number of ether oxygens (including phenoxy) is 3. The van der Waals surface area contributed by atoms with Crippen molar-refractivity contribution in [1.29, 1.82) is 0 Å². The fraction of sp³-hybridized carbons (Fsp3) is 0.200. The van der Waals surface area contributed by atoms with E-state index in [1.165, 1.54) is 31.3 Å². The molecule has 0 aliphatic carbocycles. The van der Waals surface area contributed by atoms with Crippen molar-refractivity contribution in [2.45, 2.75) is 19.1 Å². The summed E-state index contributed by atoms with van der Waals surface area (Å²) >= 11 is 0. The number of rotatable bonds is 7. The largest absolute Gasteiger partial charge is 0.493 e. The second-order valence-electron chi connectivity index (χ2n) is 7.60. The summed E-state index contributed by atoms with van der Waals surface area (Å²) in [6.45, 7) is 0.158. The maximum absolute atomic E-state index is 13.6. The molecule has 1 aliphatic rings. The molecule has 174 valence electrons. The predicted octanol–water partition coefficient (Wildman–Crippen LogP) is 3.93. The molecule has 0 saturated carbocycles. The number of carbonyl (C=O) groups excluding carboxylic acids is 2. The number of esters is 1. The number of nitro groups is 1. The molecule has 0 saturated heterocycles. The van der Waals surface area contributed by atoms with Crippen LogP contribution in [-0.2, 0) is 22.6 Å². The van der Waals surface area contributed by atoms with E-state index in [4.69, 9.17) is 14.2 Å². The number of carbonyl (C=O) groups is 2. The molecule has 1 aliphatic heterocycles. The van der Waals surface area contributed by atoms with Gasteiger partial charge in [0.1, 0.15) is 18.2 Å². The van der Waals surface area contributed by atoms with Crippen molar-refractivity contribution in [3.8, 4) is 11.5 Å². The van der Waals surface area contributed by atoms with Gasteiger partial charge in [0.25, 0.3) is 11.6 Å². The van der Waals surface area contributed by atoms with Gasteiger partial charge in [-0.25, -0.2) is 4.79 Å². The molecule has 0 unspecified atom stereocenters. The molecule has 1 amide bonds. The third-order valence-electron chi connectivity index (χ3n) is 5.61. The highest BCUT2D eigenvalue weighted by Crippen LogP contribution is 2.39. The number of para-hydroxylation sites is 1.